The lowest BCUT2D eigenvalue weighted by atomic mass is 10.2. The molecule has 0 atom stereocenters. The third-order valence-electron chi connectivity index (χ3n) is 2.94. The van der Waals surface area contributed by atoms with Crippen molar-refractivity contribution < 1.29 is 17.9 Å². The van der Waals surface area contributed by atoms with Gasteiger partial charge in [0.15, 0.2) is 0 Å². The van der Waals surface area contributed by atoms with Gasteiger partial charge in [0.1, 0.15) is 5.75 Å². The van der Waals surface area contributed by atoms with E-state index in [2.05, 4.69) is 4.72 Å². The number of sulfonamides is 1. The molecule has 23 heavy (non-hydrogen) atoms. The number of halogens is 1. The highest BCUT2D eigenvalue weighted by Gasteiger charge is 2.16. The number of anilines is 1. The summed E-state index contributed by atoms with van der Waals surface area (Å²) in [4.78, 5) is 11.0. The maximum atomic E-state index is 12.3. The standard InChI is InChI=1S/C15H15ClN2O4S/c1-2-22-14-8-7-12(9-13(14)16)23(20,21)18-11-5-3-10(4-6-11)15(17)19/h3-9,18H,2H2,1H3,(H2,17,19). The molecule has 0 spiro atoms. The molecule has 0 heterocycles. The summed E-state index contributed by atoms with van der Waals surface area (Å²) >= 11 is 6.00. The number of hydrogen-bond donors (Lipinski definition) is 2. The number of amides is 1. The average Bonchev–Trinajstić information content (AvgIpc) is 2.49. The molecule has 2 aromatic carbocycles. The van der Waals surface area contributed by atoms with Crippen LogP contribution in [-0.4, -0.2) is 20.9 Å². The van der Waals surface area contributed by atoms with Crippen LogP contribution < -0.4 is 15.2 Å². The van der Waals surface area contributed by atoms with Gasteiger partial charge in [-0.15, -0.1) is 0 Å². The number of rotatable bonds is 6. The second-order valence-electron chi connectivity index (χ2n) is 4.57. The number of nitrogens with two attached hydrogens (primary N) is 1. The second kappa shape index (κ2) is 6.89. The van der Waals surface area contributed by atoms with Crippen molar-refractivity contribution in [3.05, 3.63) is 53.1 Å². The first-order valence-corrected chi connectivity index (χ1v) is 8.54. The molecule has 0 saturated carbocycles. The second-order valence-corrected chi connectivity index (χ2v) is 6.66. The van der Waals surface area contributed by atoms with Crippen molar-refractivity contribution in [2.45, 2.75) is 11.8 Å². The maximum absolute atomic E-state index is 12.3. The van der Waals surface area contributed by atoms with E-state index in [0.717, 1.165) is 0 Å². The summed E-state index contributed by atoms with van der Waals surface area (Å²) in [5.41, 5.74) is 5.73. The Balaban J connectivity index is 2.24. The van der Waals surface area contributed by atoms with Crippen LogP contribution >= 0.6 is 11.6 Å². The lowest BCUT2D eigenvalue weighted by Gasteiger charge is -2.10. The van der Waals surface area contributed by atoms with Gasteiger partial charge in [-0.3, -0.25) is 9.52 Å². The SMILES string of the molecule is CCOc1ccc(S(=O)(=O)Nc2ccc(C(N)=O)cc2)cc1Cl. The van der Waals surface area contributed by atoms with Crippen LogP contribution in [0.15, 0.2) is 47.4 Å². The van der Waals surface area contributed by atoms with E-state index >= 15 is 0 Å². The molecule has 2 aromatic rings. The first kappa shape index (κ1) is 17.1. The third-order valence-corrected chi connectivity index (χ3v) is 4.61. The predicted octanol–water partition coefficient (Wildman–Crippen LogP) is 2.64. The number of benzene rings is 2. The Morgan fingerprint density at radius 1 is 1.22 bits per heavy atom. The van der Waals surface area contributed by atoms with E-state index in [1.54, 1.807) is 6.92 Å². The van der Waals surface area contributed by atoms with Crippen molar-refractivity contribution in [2.24, 2.45) is 5.73 Å². The molecule has 0 aliphatic carbocycles. The zero-order valence-electron chi connectivity index (χ0n) is 12.2. The summed E-state index contributed by atoms with van der Waals surface area (Å²) in [6.45, 7) is 2.23. The lowest BCUT2D eigenvalue weighted by molar-refractivity contribution is 0.100. The molecule has 1 amide bonds. The van der Waals surface area contributed by atoms with Crippen LogP contribution in [0.5, 0.6) is 5.75 Å². The van der Waals surface area contributed by atoms with Crippen LogP contribution in [0.25, 0.3) is 0 Å². The molecule has 0 bridgehead atoms. The first-order valence-electron chi connectivity index (χ1n) is 6.68. The van der Waals surface area contributed by atoms with Gasteiger partial charge in [0.05, 0.1) is 16.5 Å². The van der Waals surface area contributed by atoms with Crippen LogP contribution in [0.1, 0.15) is 17.3 Å². The van der Waals surface area contributed by atoms with E-state index in [0.29, 0.717) is 18.0 Å². The van der Waals surface area contributed by atoms with Gasteiger partial charge in [-0.05, 0) is 49.4 Å². The summed E-state index contributed by atoms with van der Waals surface area (Å²) in [5.74, 6) is -0.170. The molecule has 6 nitrogen and oxygen atoms in total. The number of nitrogens with one attached hydrogen (secondary N) is 1. The molecule has 2 rings (SSSR count). The fourth-order valence-corrected chi connectivity index (χ4v) is 3.22. The Kier molecular flexibility index (Phi) is 5.12. The monoisotopic (exact) mass is 354 g/mol. The summed E-state index contributed by atoms with van der Waals surface area (Å²) in [6, 6.07) is 9.98. The van der Waals surface area contributed by atoms with E-state index in [4.69, 9.17) is 22.1 Å². The van der Waals surface area contributed by atoms with E-state index in [1.165, 1.54) is 42.5 Å². The topological polar surface area (TPSA) is 98.5 Å². The summed E-state index contributed by atoms with van der Waals surface area (Å²) < 4.78 is 32.3. The molecular formula is C15H15ClN2O4S. The smallest absolute Gasteiger partial charge is 0.261 e. The van der Waals surface area contributed by atoms with Crippen molar-refractivity contribution in [3.63, 3.8) is 0 Å². The van der Waals surface area contributed by atoms with Gasteiger partial charge in [0, 0.05) is 11.3 Å². The van der Waals surface area contributed by atoms with Gasteiger partial charge in [-0.25, -0.2) is 8.42 Å². The van der Waals surface area contributed by atoms with Crippen molar-refractivity contribution in [3.8, 4) is 5.75 Å². The molecule has 0 saturated heterocycles. The maximum Gasteiger partial charge on any atom is 0.261 e. The van der Waals surface area contributed by atoms with Crippen molar-refractivity contribution in [1.82, 2.24) is 0 Å². The number of carbonyl (C=O) groups is 1. The molecule has 0 fully saturated rings. The molecular weight excluding hydrogens is 340 g/mol. The fourth-order valence-electron chi connectivity index (χ4n) is 1.84. The van der Waals surface area contributed by atoms with E-state index < -0.39 is 15.9 Å². The van der Waals surface area contributed by atoms with Crippen LogP contribution in [0.2, 0.25) is 5.02 Å². The van der Waals surface area contributed by atoms with E-state index in [9.17, 15) is 13.2 Å². The normalized spacial score (nSPS) is 11.0. The van der Waals surface area contributed by atoms with Crippen molar-refractivity contribution in [2.75, 3.05) is 11.3 Å². The summed E-state index contributed by atoms with van der Waals surface area (Å²) in [5, 5.41) is 0.207. The highest BCUT2D eigenvalue weighted by Crippen LogP contribution is 2.28. The van der Waals surface area contributed by atoms with Crippen LogP contribution in [-0.2, 0) is 10.0 Å². The fraction of sp³-hybridized carbons (Fsp3) is 0.133. The van der Waals surface area contributed by atoms with Crippen molar-refractivity contribution in [1.29, 1.82) is 0 Å². The Morgan fingerprint density at radius 3 is 2.39 bits per heavy atom. The molecule has 0 unspecified atom stereocenters. The number of hydrogen-bond acceptors (Lipinski definition) is 4. The Labute approximate surface area is 139 Å². The molecule has 0 radical (unpaired) electrons. The first-order chi connectivity index (χ1) is 10.8. The Morgan fingerprint density at radius 2 is 1.87 bits per heavy atom. The van der Waals surface area contributed by atoms with Crippen LogP contribution in [0.4, 0.5) is 5.69 Å². The number of carbonyl (C=O) groups excluding carboxylic acids is 1. The minimum absolute atomic E-state index is 0.00457. The average molecular weight is 355 g/mol. The Hall–Kier alpha value is -2.25. The van der Waals surface area contributed by atoms with Gasteiger partial charge in [-0.2, -0.15) is 0 Å². The largest absolute Gasteiger partial charge is 0.492 e. The molecule has 8 heteroatoms. The highest BCUT2D eigenvalue weighted by molar-refractivity contribution is 7.92. The summed E-state index contributed by atoms with van der Waals surface area (Å²) in [6.07, 6.45) is 0. The van der Waals surface area contributed by atoms with Gasteiger partial charge >= 0.3 is 0 Å². The minimum Gasteiger partial charge on any atom is -0.492 e. The van der Waals surface area contributed by atoms with Gasteiger partial charge in [-0.1, -0.05) is 11.6 Å². The third kappa shape index (κ3) is 4.14. The molecule has 0 aliphatic heterocycles. The molecule has 122 valence electrons. The number of ether oxygens (including phenoxy) is 1. The predicted molar refractivity (Wildman–Crippen MR) is 88.4 cm³/mol. The van der Waals surface area contributed by atoms with Gasteiger partial charge in [0.25, 0.3) is 10.0 Å². The lowest BCUT2D eigenvalue weighted by Crippen LogP contribution is -2.14. The quantitative estimate of drug-likeness (QED) is 0.833. The van der Waals surface area contributed by atoms with E-state index in [-0.39, 0.29) is 15.5 Å². The minimum atomic E-state index is -3.81. The molecule has 0 aromatic heterocycles. The number of primary amides is 1. The van der Waals surface area contributed by atoms with Gasteiger partial charge < -0.3 is 10.5 Å². The van der Waals surface area contributed by atoms with E-state index in [1.807, 2.05) is 0 Å². The van der Waals surface area contributed by atoms with Crippen LogP contribution in [0.3, 0.4) is 0 Å². The Bertz CT molecular complexity index is 820. The summed E-state index contributed by atoms with van der Waals surface area (Å²) in [7, 11) is -3.81. The molecule has 0 aliphatic rings. The van der Waals surface area contributed by atoms with Crippen molar-refractivity contribution >= 4 is 33.2 Å². The van der Waals surface area contributed by atoms with Gasteiger partial charge in [0.2, 0.25) is 5.91 Å². The molecule has 3 N–H and O–H groups in total. The highest BCUT2D eigenvalue weighted by atomic mass is 35.5. The zero-order chi connectivity index (χ0) is 17.0. The van der Waals surface area contributed by atoms with Crippen LogP contribution in [0, 0.1) is 0 Å². The zero-order valence-corrected chi connectivity index (χ0v) is 13.8.